The van der Waals surface area contributed by atoms with Crippen molar-refractivity contribution in [3.8, 4) is 0 Å². The molecule has 0 heterocycles. The van der Waals surface area contributed by atoms with Crippen molar-refractivity contribution in [2.24, 2.45) is 0 Å². The lowest BCUT2D eigenvalue weighted by molar-refractivity contribution is -0.119. The average molecular weight is 384 g/mol. The molecule has 1 amide bonds. The van der Waals surface area contributed by atoms with Crippen molar-refractivity contribution in [3.63, 3.8) is 0 Å². The fourth-order valence-corrected chi connectivity index (χ4v) is 3.07. The molecule has 1 atom stereocenters. The van der Waals surface area contributed by atoms with Gasteiger partial charge >= 0.3 is 5.97 Å². The Morgan fingerprint density at radius 3 is 2.64 bits per heavy atom. The van der Waals surface area contributed by atoms with E-state index in [0.29, 0.717) is 10.6 Å². The SMILES string of the molecule is CC[S@@](=O)c1ccccc1C(=O)OCC(=O)Nc1ccc(Cl)cc1F. The van der Waals surface area contributed by atoms with Gasteiger partial charge in [-0.3, -0.25) is 9.00 Å². The molecule has 132 valence electrons. The molecule has 0 bridgehead atoms. The van der Waals surface area contributed by atoms with E-state index in [4.69, 9.17) is 16.3 Å². The Balaban J connectivity index is 2.00. The third kappa shape index (κ3) is 5.11. The maximum atomic E-state index is 13.6. The monoisotopic (exact) mass is 383 g/mol. The third-order valence-corrected chi connectivity index (χ3v) is 4.76. The van der Waals surface area contributed by atoms with Gasteiger partial charge in [-0.15, -0.1) is 0 Å². The van der Waals surface area contributed by atoms with Gasteiger partial charge in [0.15, 0.2) is 6.61 Å². The highest BCUT2D eigenvalue weighted by Gasteiger charge is 2.17. The summed E-state index contributed by atoms with van der Waals surface area (Å²) in [5.74, 6) is -1.83. The summed E-state index contributed by atoms with van der Waals surface area (Å²) in [7, 11) is -1.34. The van der Waals surface area contributed by atoms with Gasteiger partial charge in [0.1, 0.15) is 5.82 Å². The van der Waals surface area contributed by atoms with E-state index in [0.717, 1.165) is 6.07 Å². The van der Waals surface area contributed by atoms with Crippen LogP contribution in [0.3, 0.4) is 0 Å². The highest BCUT2D eigenvalue weighted by Crippen LogP contribution is 2.19. The maximum Gasteiger partial charge on any atom is 0.339 e. The zero-order valence-corrected chi connectivity index (χ0v) is 14.8. The predicted octanol–water partition coefficient (Wildman–Crippen LogP) is 3.40. The molecule has 2 rings (SSSR count). The van der Waals surface area contributed by atoms with Gasteiger partial charge < -0.3 is 10.1 Å². The van der Waals surface area contributed by atoms with Crippen molar-refractivity contribution in [2.75, 3.05) is 17.7 Å². The van der Waals surface area contributed by atoms with Crippen LogP contribution >= 0.6 is 11.6 Å². The summed E-state index contributed by atoms with van der Waals surface area (Å²) in [6, 6.07) is 10.1. The van der Waals surface area contributed by atoms with E-state index < -0.39 is 35.1 Å². The van der Waals surface area contributed by atoms with Gasteiger partial charge in [-0.05, 0) is 30.3 Å². The molecule has 25 heavy (non-hydrogen) atoms. The van der Waals surface area contributed by atoms with E-state index in [1.54, 1.807) is 25.1 Å². The second-order valence-corrected chi connectivity index (χ2v) is 7.02. The van der Waals surface area contributed by atoms with Crippen LogP contribution in [0, 0.1) is 5.82 Å². The van der Waals surface area contributed by atoms with Gasteiger partial charge in [-0.1, -0.05) is 30.7 Å². The highest BCUT2D eigenvalue weighted by atomic mass is 35.5. The number of hydrogen-bond acceptors (Lipinski definition) is 4. The topological polar surface area (TPSA) is 72.5 Å². The molecular weight excluding hydrogens is 369 g/mol. The molecule has 0 radical (unpaired) electrons. The van der Waals surface area contributed by atoms with Crippen molar-refractivity contribution < 1.29 is 22.9 Å². The molecule has 8 heteroatoms. The Labute approximate surface area is 151 Å². The molecule has 0 saturated heterocycles. The Kier molecular flexibility index (Phi) is 6.66. The normalized spacial score (nSPS) is 11.6. The number of benzene rings is 2. The van der Waals surface area contributed by atoms with Gasteiger partial charge in [0.2, 0.25) is 0 Å². The minimum atomic E-state index is -1.34. The summed E-state index contributed by atoms with van der Waals surface area (Å²) < 4.78 is 30.5. The lowest BCUT2D eigenvalue weighted by atomic mass is 10.2. The van der Waals surface area contributed by atoms with Crippen molar-refractivity contribution in [3.05, 3.63) is 58.9 Å². The fourth-order valence-electron chi connectivity index (χ4n) is 1.98. The number of carbonyl (C=O) groups excluding carboxylic acids is 2. The number of carbonyl (C=O) groups is 2. The zero-order chi connectivity index (χ0) is 18.4. The van der Waals surface area contributed by atoms with E-state index in [-0.39, 0.29) is 16.3 Å². The van der Waals surface area contributed by atoms with Gasteiger partial charge in [0.05, 0.1) is 26.9 Å². The first-order valence-corrected chi connectivity index (χ1v) is 9.01. The van der Waals surface area contributed by atoms with E-state index in [2.05, 4.69) is 5.32 Å². The molecule has 0 aliphatic rings. The van der Waals surface area contributed by atoms with E-state index in [1.165, 1.54) is 18.2 Å². The lowest BCUT2D eigenvalue weighted by Crippen LogP contribution is -2.22. The van der Waals surface area contributed by atoms with Crippen LogP contribution in [0.1, 0.15) is 17.3 Å². The maximum absolute atomic E-state index is 13.6. The van der Waals surface area contributed by atoms with Gasteiger partial charge in [0.25, 0.3) is 5.91 Å². The summed E-state index contributed by atoms with van der Waals surface area (Å²) in [5, 5.41) is 2.48. The first-order chi connectivity index (χ1) is 11.9. The molecule has 0 aliphatic heterocycles. The number of nitrogens with one attached hydrogen (secondary N) is 1. The third-order valence-electron chi connectivity index (χ3n) is 3.15. The number of hydrogen-bond donors (Lipinski definition) is 1. The van der Waals surface area contributed by atoms with Crippen LogP contribution in [0.5, 0.6) is 0 Å². The number of ether oxygens (including phenoxy) is 1. The molecule has 5 nitrogen and oxygen atoms in total. The quantitative estimate of drug-likeness (QED) is 0.776. The molecule has 0 spiro atoms. The second-order valence-electron chi connectivity index (χ2n) is 4.88. The van der Waals surface area contributed by atoms with Crippen molar-refractivity contribution in [1.29, 1.82) is 0 Å². The van der Waals surface area contributed by atoms with Crippen molar-refractivity contribution >= 4 is 40.0 Å². The summed E-state index contributed by atoms with van der Waals surface area (Å²) >= 11 is 5.63. The van der Waals surface area contributed by atoms with Gasteiger partial charge in [0, 0.05) is 10.8 Å². The molecule has 0 aromatic heterocycles. The Bertz CT molecular complexity index is 828. The molecule has 0 saturated carbocycles. The van der Waals surface area contributed by atoms with E-state index in [9.17, 15) is 18.2 Å². The van der Waals surface area contributed by atoms with Gasteiger partial charge in [-0.2, -0.15) is 0 Å². The summed E-state index contributed by atoms with van der Waals surface area (Å²) in [5.41, 5.74) is 0.0612. The molecule has 2 aromatic carbocycles. The summed E-state index contributed by atoms with van der Waals surface area (Å²) in [6.07, 6.45) is 0. The largest absolute Gasteiger partial charge is 0.452 e. The first-order valence-electron chi connectivity index (χ1n) is 7.31. The molecule has 0 fully saturated rings. The molecule has 0 aliphatic carbocycles. The first kappa shape index (κ1) is 19.1. The van der Waals surface area contributed by atoms with Crippen LogP contribution < -0.4 is 5.32 Å². The average Bonchev–Trinajstić information content (AvgIpc) is 2.61. The molecular formula is C17H15ClFNO4S. The molecule has 0 unspecified atom stereocenters. The van der Waals surface area contributed by atoms with Crippen LogP contribution in [0.4, 0.5) is 10.1 Å². The van der Waals surface area contributed by atoms with Crippen molar-refractivity contribution in [1.82, 2.24) is 0 Å². The number of halogens is 2. The minimum Gasteiger partial charge on any atom is -0.452 e. The van der Waals surface area contributed by atoms with Crippen LogP contribution in [0.2, 0.25) is 5.02 Å². The summed E-state index contributed by atoms with van der Waals surface area (Å²) in [4.78, 5) is 24.3. The van der Waals surface area contributed by atoms with Crippen LogP contribution in [-0.2, 0) is 20.3 Å². The second kappa shape index (κ2) is 8.73. The Hall–Kier alpha value is -2.25. The predicted molar refractivity (Wildman–Crippen MR) is 93.7 cm³/mol. The highest BCUT2D eigenvalue weighted by molar-refractivity contribution is 7.85. The Morgan fingerprint density at radius 1 is 1.24 bits per heavy atom. The van der Waals surface area contributed by atoms with E-state index in [1.807, 2.05) is 0 Å². The number of anilines is 1. The summed E-state index contributed by atoms with van der Waals surface area (Å²) in [6.45, 7) is 1.13. The molecule has 2 aromatic rings. The zero-order valence-electron chi connectivity index (χ0n) is 13.3. The number of esters is 1. The van der Waals surface area contributed by atoms with Gasteiger partial charge in [-0.25, -0.2) is 9.18 Å². The van der Waals surface area contributed by atoms with Crippen molar-refractivity contribution in [2.45, 2.75) is 11.8 Å². The van der Waals surface area contributed by atoms with Crippen LogP contribution in [0.25, 0.3) is 0 Å². The number of amides is 1. The smallest absolute Gasteiger partial charge is 0.339 e. The fraction of sp³-hybridized carbons (Fsp3) is 0.176. The minimum absolute atomic E-state index is 0.0714. The Morgan fingerprint density at radius 2 is 1.96 bits per heavy atom. The van der Waals surface area contributed by atoms with E-state index >= 15 is 0 Å². The van der Waals surface area contributed by atoms with Crippen LogP contribution in [-0.4, -0.2) is 28.4 Å². The molecule has 1 N–H and O–H groups in total. The lowest BCUT2D eigenvalue weighted by Gasteiger charge is -2.09. The standard InChI is InChI=1S/C17H15ClFNO4S/c1-2-25(23)15-6-4-3-5-12(15)17(22)24-10-16(21)20-14-8-7-11(18)9-13(14)19/h3-9H,2,10H2,1H3,(H,20,21)/t25-/m1/s1. The van der Waals surface area contributed by atoms with Crippen LogP contribution in [0.15, 0.2) is 47.4 Å². The number of rotatable bonds is 6.